The number of sulfonamides is 1. The third-order valence-electron chi connectivity index (χ3n) is 4.33. The van der Waals surface area contributed by atoms with Crippen LogP contribution in [-0.2, 0) is 14.8 Å². The van der Waals surface area contributed by atoms with Gasteiger partial charge in [0.05, 0.1) is 11.8 Å². The molecule has 0 aliphatic carbocycles. The van der Waals surface area contributed by atoms with E-state index in [4.69, 9.17) is 13.9 Å². The summed E-state index contributed by atoms with van der Waals surface area (Å²) in [7, 11) is -3.27. The molecule has 1 aliphatic heterocycles. The Labute approximate surface area is 153 Å². The summed E-state index contributed by atoms with van der Waals surface area (Å²) in [5, 5.41) is 0. The monoisotopic (exact) mass is 380 g/mol. The van der Waals surface area contributed by atoms with Crippen LogP contribution in [0.3, 0.4) is 0 Å². The standard InChI is InChI=1S/C18H24N2O5S/c1-3-26(21,22)20-16-5-4-10-23-18(16)12-25-15-8-6-14(7-9-15)17-11-24-13(2)19-17/h6-9,11,16,18,20H,3-5,10,12H2,1-2H3/t16-,18+/m0/s1. The molecule has 1 aromatic heterocycles. The number of benzene rings is 1. The molecule has 1 saturated heterocycles. The summed E-state index contributed by atoms with van der Waals surface area (Å²) in [4.78, 5) is 4.29. The largest absolute Gasteiger partial charge is 0.491 e. The molecule has 0 unspecified atom stereocenters. The van der Waals surface area contributed by atoms with Gasteiger partial charge in [-0.15, -0.1) is 0 Å². The molecule has 1 aliphatic rings. The van der Waals surface area contributed by atoms with Crippen molar-refractivity contribution < 1.29 is 22.3 Å². The number of nitrogens with zero attached hydrogens (tertiary/aromatic N) is 1. The maximum Gasteiger partial charge on any atom is 0.211 e. The molecule has 26 heavy (non-hydrogen) atoms. The molecular weight excluding hydrogens is 356 g/mol. The molecule has 7 nitrogen and oxygen atoms in total. The quantitative estimate of drug-likeness (QED) is 0.794. The third-order valence-corrected chi connectivity index (χ3v) is 5.76. The van der Waals surface area contributed by atoms with E-state index in [1.165, 1.54) is 0 Å². The van der Waals surface area contributed by atoms with Crippen molar-refractivity contribution in [1.82, 2.24) is 9.71 Å². The second-order valence-corrected chi connectivity index (χ2v) is 8.31. The Morgan fingerprint density at radius 3 is 2.73 bits per heavy atom. The molecule has 0 bridgehead atoms. The van der Waals surface area contributed by atoms with E-state index >= 15 is 0 Å². The molecule has 1 fully saturated rings. The first-order valence-corrected chi connectivity index (χ1v) is 10.4. The molecule has 1 N–H and O–H groups in total. The van der Waals surface area contributed by atoms with Crippen molar-refractivity contribution in [1.29, 1.82) is 0 Å². The molecule has 1 aromatic carbocycles. The van der Waals surface area contributed by atoms with Crippen molar-refractivity contribution in [2.45, 2.75) is 38.8 Å². The van der Waals surface area contributed by atoms with Gasteiger partial charge in [-0.1, -0.05) is 0 Å². The fourth-order valence-electron chi connectivity index (χ4n) is 2.85. The van der Waals surface area contributed by atoms with Crippen molar-refractivity contribution in [2.75, 3.05) is 19.0 Å². The fourth-order valence-corrected chi connectivity index (χ4v) is 3.75. The number of aromatic nitrogens is 1. The van der Waals surface area contributed by atoms with Crippen LogP contribution >= 0.6 is 0 Å². The van der Waals surface area contributed by atoms with Gasteiger partial charge < -0.3 is 13.9 Å². The molecule has 142 valence electrons. The van der Waals surface area contributed by atoms with Gasteiger partial charge in [-0.2, -0.15) is 0 Å². The van der Waals surface area contributed by atoms with Crippen molar-refractivity contribution >= 4 is 10.0 Å². The van der Waals surface area contributed by atoms with Gasteiger partial charge in [0.25, 0.3) is 0 Å². The number of hydrogen-bond donors (Lipinski definition) is 1. The number of nitrogens with one attached hydrogen (secondary N) is 1. The maximum absolute atomic E-state index is 11.8. The van der Waals surface area contributed by atoms with Crippen molar-refractivity contribution in [3.63, 3.8) is 0 Å². The molecule has 2 atom stereocenters. The number of ether oxygens (including phenoxy) is 2. The van der Waals surface area contributed by atoms with Gasteiger partial charge in [-0.25, -0.2) is 18.1 Å². The average molecular weight is 380 g/mol. The van der Waals surface area contributed by atoms with Crippen LogP contribution in [-0.4, -0.2) is 44.5 Å². The summed E-state index contributed by atoms with van der Waals surface area (Å²) in [6.45, 7) is 4.33. The predicted octanol–water partition coefficient (Wildman–Crippen LogP) is 2.52. The van der Waals surface area contributed by atoms with Crippen LogP contribution in [0, 0.1) is 6.92 Å². The highest BCUT2D eigenvalue weighted by atomic mass is 32.2. The smallest absolute Gasteiger partial charge is 0.211 e. The Morgan fingerprint density at radius 2 is 2.08 bits per heavy atom. The second-order valence-electron chi connectivity index (χ2n) is 6.27. The fraction of sp³-hybridized carbons (Fsp3) is 0.500. The molecule has 0 amide bonds. The molecule has 2 heterocycles. The molecule has 0 saturated carbocycles. The van der Waals surface area contributed by atoms with E-state index in [1.54, 1.807) is 20.1 Å². The van der Waals surface area contributed by atoms with Crippen molar-refractivity contribution in [2.24, 2.45) is 0 Å². The number of oxazole rings is 1. The minimum atomic E-state index is -3.27. The van der Waals surface area contributed by atoms with Crippen LogP contribution in [0.5, 0.6) is 5.75 Å². The van der Waals surface area contributed by atoms with Crippen molar-refractivity contribution in [3.05, 3.63) is 36.4 Å². The molecule has 2 aromatic rings. The van der Waals surface area contributed by atoms with E-state index in [1.807, 2.05) is 24.3 Å². The average Bonchev–Trinajstić information content (AvgIpc) is 3.07. The van der Waals surface area contributed by atoms with Crippen LogP contribution in [0.1, 0.15) is 25.7 Å². The normalized spacial score (nSPS) is 20.8. The first-order chi connectivity index (χ1) is 12.5. The zero-order valence-corrected chi connectivity index (χ0v) is 15.8. The van der Waals surface area contributed by atoms with E-state index in [2.05, 4.69) is 9.71 Å². The van der Waals surface area contributed by atoms with Gasteiger partial charge >= 0.3 is 0 Å². The van der Waals surface area contributed by atoms with E-state index in [0.29, 0.717) is 24.9 Å². The van der Waals surface area contributed by atoms with Gasteiger partial charge in [-0.3, -0.25) is 0 Å². The molecule has 3 rings (SSSR count). The third kappa shape index (κ3) is 4.84. The Morgan fingerprint density at radius 1 is 1.31 bits per heavy atom. The Hall–Kier alpha value is -1.90. The van der Waals surface area contributed by atoms with Crippen LogP contribution in [0.2, 0.25) is 0 Å². The summed E-state index contributed by atoms with van der Waals surface area (Å²) in [5.74, 6) is 1.37. The minimum Gasteiger partial charge on any atom is -0.491 e. The molecule has 0 spiro atoms. The highest BCUT2D eigenvalue weighted by Crippen LogP contribution is 2.23. The first kappa shape index (κ1) is 18.9. The first-order valence-electron chi connectivity index (χ1n) is 8.74. The van der Waals surface area contributed by atoms with Crippen LogP contribution in [0.15, 0.2) is 34.9 Å². The van der Waals surface area contributed by atoms with Gasteiger partial charge in [0.2, 0.25) is 10.0 Å². The van der Waals surface area contributed by atoms with Crippen LogP contribution in [0.4, 0.5) is 0 Å². The Kier molecular flexibility index (Phi) is 5.95. The van der Waals surface area contributed by atoms with Crippen molar-refractivity contribution in [3.8, 4) is 17.0 Å². The van der Waals surface area contributed by atoms with E-state index < -0.39 is 10.0 Å². The van der Waals surface area contributed by atoms with Crippen LogP contribution < -0.4 is 9.46 Å². The summed E-state index contributed by atoms with van der Waals surface area (Å²) < 4.78 is 43.2. The molecular formula is C18H24N2O5S. The number of hydrogen-bond acceptors (Lipinski definition) is 6. The topological polar surface area (TPSA) is 90.7 Å². The lowest BCUT2D eigenvalue weighted by Crippen LogP contribution is -2.49. The lowest BCUT2D eigenvalue weighted by atomic mass is 10.0. The second kappa shape index (κ2) is 8.20. The minimum absolute atomic E-state index is 0.0556. The predicted molar refractivity (Wildman–Crippen MR) is 97.5 cm³/mol. The lowest BCUT2D eigenvalue weighted by molar-refractivity contribution is -0.0279. The highest BCUT2D eigenvalue weighted by Gasteiger charge is 2.29. The Bertz CT molecular complexity index is 816. The zero-order chi connectivity index (χ0) is 18.6. The maximum atomic E-state index is 11.8. The zero-order valence-electron chi connectivity index (χ0n) is 15.0. The highest BCUT2D eigenvalue weighted by molar-refractivity contribution is 7.89. The SMILES string of the molecule is CCS(=O)(=O)N[C@H]1CCCO[C@@H]1COc1ccc(-c2coc(C)n2)cc1. The molecule has 0 radical (unpaired) electrons. The number of rotatable bonds is 7. The summed E-state index contributed by atoms with van der Waals surface area (Å²) in [6, 6.07) is 7.27. The lowest BCUT2D eigenvalue weighted by Gasteiger charge is -2.31. The van der Waals surface area contributed by atoms with E-state index in [9.17, 15) is 8.42 Å². The van der Waals surface area contributed by atoms with E-state index in [0.717, 1.165) is 24.1 Å². The van der Waals surface area contributed by atoms with E-state index in [-0.39, 0.29) is 17.9 Å². The van der Waals surface area contributed by atoms with Gasteiger partial charge in [0.15, 0.2) is 5.89 Å². The van der Waals surface area contributed by atoms with Gasteiger partial charge in [0, 0.05) is 19.1 Å². The van der Waals surface area contributed by atoms with Gasteiger partial charge in [0.1, 0.15) is 30.4 Å². The summed E-state index contributed by atoms with van der Waals surface area (Å²) in [6.07, 6.45) is 2.89. The Balaban J connectivity index is 1.60. The summed E-state index contributed by atoms with van der Waals surface area (Å²) in [5.41, 5.74) is 1.72. The molecule has 8 heteroatoms. The van der Waals surface area contributed by atoms with Crippen LogP contribution in [0.25, 0.3) is 11.3 Å². The number of aryl methyl sites for hydroxylation is 1. The van der Waals surface area contributed by atoms with Gasteiger partial charge in [-0.05, 0) is 44.0 Å². The summed E-state index contributed by atoms with van der Waals surface area (Å²) >= 11 is 0.